The van der Waals surface area contributed by atoms with Gasteiger partial charge in [-0.15, -0.1) is 0 Å². The van der Waals surface area contributed by atoms with Gasteiger partial charge >= 0.3 is 0 Å². The van der Waals surface area contributed by atoms with Gasteiger partial charge in [0, 0.05) is 18.8 Å². The lowest BCUT2D eigenvalue weighted by Gasteiger charge is -2.06. The van der Waals surface area contributed by atoms with Gasteiger partial charge in [-0.25, -0.2) is 4.39 Å². The molecule has 0 aliphatic rings. The van der Waals surface area contributed by atoms with E-state index in [-0.39, 0.29) is 22.8 Å². The second-order valence-electron chi connectivity index (χ2n) is 5.23. The minimum absolute atomic E-state index is 0.00316. The fraction of sp³-hybridized carbons (Fsp3) is 0.111. The maximum absolute atomic E-state index is 13.1. The Bertz CT molecular complexity index is 890. The molecule has 7 nitrogen and oxygen atoms in total. The lowest BCUT2D eigenvalue weighted by atomic mass is 10.1. The summed E-state index contributed by atoms with van der Waals surface area (Å²) < 4.78 is 13.1. The summed E-state index contributed by atoms with van der Waals surface area (Å²) in [6, 6.07) is 13.5. The van der Waals surface area contributed by atoms with Crippen molar-refractivity contribution in [3.05, 3.63) is 81.8 Å². The average molecular weight is 354 g/mol. The normalized spacial score (nSPS) is 10.7. The number of benzene rings is 2. The van der Waals surface area contributed by atoms with Crippen LogP contribution in [0.4, 0.5) is 15.8 Å². The van der Waals surface area contributed by atoms with E-state index < -0.39 is 10.8 Å². The van der Waals surface area contributed by atoms with Gasteiger partial charge in [-0.2, -0.15) is 5.26 Å². The fourth-order valence-corrected chi connectivity index (χ4v) is 2.16. The molecule has 2 aromatic carbocycles. The van der Waals surface area contributed by atoms with Crippen LogP contribution in [0.15, 0.2) is 60.3 Å². The summed E-state index contributed by atoms with van der Waals surface area (Å²) in [6.45, 7) is 0.382. The number of nitro benzene ring substituents is 1. The van der Waals surface area contributed by atoms with Gasteiger partial charge < -0.3 is 10.6 Å². The van der Waals surface area contributed by atoms with Crippen LogP contribution in [0.25, 0.3) is 0 Å². The molecule has 132 valence electrons. The van der Waals surface area contributed by atoms with Crippen molar-refractivity contribution in [2.75, 3.05) is 11.9 Å². The van der Waals surface area contributed by atoms with E-state index in [0.29, 0.717) is 13.0 Å². The zero-order chi connectivity index (χ0) is 18.9. The van der Waals surface area contributed by atoms with Crippen molar-refractivity contribution in [3.63, 3.8) is 0 Å². The van der Waals surface area contributed by atoms with Gasteiger partial charge in [0.1, 0.15) is 23.1 Å². The molecular weight excluding hydrogens is 339 g/mol. The molecule has 0 aromatic heterocycles. The molecule has 2 aromatic rings. The highest BCUT2D eigenvalue weighted by Crippen LogP contribution is 2.23. The van der Waals surface area contributed by atoms with Gasteiger partial charge in [-0.05, 0) is 30.2 Å². The topological polar surface area (TPSA) is 108 Å². The van der Waals surface area contributed by atoms with Crippen LogP contribution in [-0.4, -0.2) is 17.4 Å². The van der Waals surface area contributed by atoms with E-state index in [1.54, 1.807) is 18.2 Å². The molecule has 0 aliphatic carbocycles. The molecule has 0 aliphatic heterocycles. The first kappa shape index (κ1) is 18.6. The number of hydrogen-bond acceptors (Lipinski definition) is 5. The molecule has 0 unspecified atom stereocenters. The van der Waals surface area contributed by atoms with Crippen LogP contribution in [0.3, 0.4) is 0 Å². The van der Waals surface area contributed by atoms with Crippen LogP contribution in [0, 0.1) is 27.3 Å². The molecule has 2 N–H and O–H groups in total. The van der Waals surface area contributed by atoms with E-state index in [9.17, 15) is 19.3 Å². The number of hydrogen-bond donors (Lipinski definition) is 2. The largest absolute Gasteiger partial charge is 0.389 e. The summed E-state index contributed by atoms with van der Waals surface area (Å²) in [5.41, 5.74) is 0.275. The Balaban J connectivity index is 1.97. The third-order valence-electron chi connectivity index (χ3n) is 3.41. The molecule has 26 heavy (non-hydrogen) atoms. The van der Waals surface area contributed by atoms with Crippen molar-refractivity contribution < 1.29 is 14.1 Å². The Kier molecular flexibility index (Phi) is 6.40. The Morgan fingerprint density at radius 1 is 1.27 bits per heavy atom. The number of nitriles is 1. The van der Waals surface area contributed by atoms with E-state index in [1.165, 1.54) is 42.6 Å². The fourth-order valence-electron chi connectivity index (χ4n) is 2.16. The first-order valence-corrected chi connectivity index (χ1v) is 7.64. The maximum Gasteiger partial charge on any atom is 0.292 e. The Labute approximate surface area is 148 Å². The zero-order valence-electron chi connectivity index (χ0n) is 13.6. The van der Waals surface area contributed by atoms with Crippen LogP contribution in [0.5, 0.6) is 0 Å². The summed E-state index contributed by atoms with van der Waals surface area (Å²) in [7, 11) is 0. The standard InChI is InChI=1S/C18H15FN4O3/c19-15-5-3-4-13(10-15)8-9-21-12-14(11-20)18(24)22-16-6-1-2-7-17(16)23(25)26/h1-7,10,12,21H,8-9H2,(H,22,24)/b14-12-. The van der Waals surface area contributed by atoms with Crippen molar-refractivity contribution in [2.24, 2.45) is 0 Å². The quantitative estimate of drug-likeness (QED) is 0.261. The van der Waals surface area contributed by atoms with Gasteiger partial charge in [0.25, 0.3) is 11.6 Å². The van der Waals surface area contributed by atoms with E-state index >= 15 is 0 Å². The molecule has 1 amide bonds. The second-order valence-corrected chi connectivity index (χ2v) is 5.23. The van der Waals surface area contributed by atoms with Crippen molar-refractivity contribution in [2.45, 2.75) is 6.42 Å². The Morgan fingerprint density at radius 2 is 2.04 bits per heavy atom. The molecule has 0 radical (unpaired) electrons. The molecule has 0 atom stereocenters. The minimum atomic E-state index is -0.764. The number of amides is 1. The van der Waals surface area contributed by atoms with Crippen molar-refractivity contribution in [3.8, 4) is 6.07 Å². The van der Waals surface area contributed by atoms with Gasteiger partial charge in [-0.1, -0.05) is 24.3 Å². The number of rotatable bonds is 7. The lowest BCUT2D eigenvalue weighted by Crippen LogP contribution is -2.18. The van der Waals surface area contributed by atoms with Gasteiger partial charge in [-0.3, -0.25) is 14.9 Å². The third kappa shape index (κ3) is 5.14. The van der Waals surface area contributed by atoms with Crippen molar-refractivity contribution in [1.29, 1.82) is 5.26 Å². The van der Waals surface area contributed by atoms with E-state index in [1.807, 2.05) is 0 Å². The molecular formula is C18H15FN4O3. The molecule has 0 fully saturated rings. The molecule has 0 bridgehead atoms. The predicted octanol–water partition coefficient (Wildman–Crippen LogP) is 2.91. The van der Waals surface area contributed by atoms with Gasteiger partial charge in [0.15, 0.2) is 0 Å². The van der Waals surface area contributed by atoms with Gasteiger partial charge in [0.2, 0.25) is 0 Å². The first-order chi connectivity index (χ1) is 12.5. The van der Waals surface area contributed by atoms with Crippen LogP contribution < -0.4 is 10.6 Å². The number of nitrogens with one attached hydrogen (secondary N) is 2. The van der Waals surface area contributed by atoms with Crippen LogP contribution in [0.1, 0.15) is 5.56 Å². The van der Waals surface area contributed by atoms with E-state index in [4.69, 9.17) is 5.26 Å². The highest BCUT2D eigenvalue weighted by Gasteiger charge is 2.16. The van der Waals surface area contributed by atoms with Crippen LogP contribution in [-0.2, 0) is 11.2 Å². The highest BCUT2D eigenvalue weighted by molar-refractivity contribution is 6.07. The monoisotopic (exact) mass is 354 g/mol. The van der Waals surface area contributed by atoms with E-state index in [0.717, 1.165) is 5.56 Å². The molecule has 0 spiro atoms. The highest BCUT2D eigenvalue weighted by atomic mass is 19.1. The third-order valence-corrected chi connectivity index (χ3v) is 3.41. The lowest BCUT2D eigenvalue weighted by molar-refractivity contribution is -0.383. The van der Waals surface area contributed by atoms with Crippen molar-refractivity contribution >= 4 is 17.3 Å². The summed E-state index contributed by atoms with van der Waals surface area (Å²) in [5.74, 6) is -1.10. The van der Waals surface area contributed by atoms with Gasteiger partial charge in [0.05, 0.1) is 4.92 Å². The smallest absolute Gasteiger partial charge is 0.292 e. The Morgan fingerprint density at radius 3 is 2.73 bits per heavy atom. The van der Waals surface area contributed by atoms with Crippen LogP contribution in [0.2, 0.25) is 0 Å². The summed E-state index contributed by atoms with van der Waals surface area (Å²) in [4.78, 5) is 22.4. The van der Waals surface area contributed by atoms with E-state index in [2.05, 4.69) is 10.6 Å². The summed E-state index contributed by atoms with van der Waals surface area (Å²) >= 11 is 0. The molecule has 0 saturated heterocycles. The molecule has 0 saturated carbocycles. The zero-order valence-corrected chi connectivity index (χ0v) is 13.6. The molecule has 0 heterocycles. The predicted molar refractivity (Wildman–Crippen MR) is 93.5 cm³/mol. The number of carbonyl (C=O) groups is 1. The number of anilines is 1. The number of carbonyl (C=O) groups excluding carboxylic acids is 1. The minimum Gasteiger partial charge on any atom is -0.389 e. The Hall–Kier alpha value is -3.73. The maximum atomic E-state index is 13.1. The number of para-hydroxylation sites is 2. The SMILES string of the molecule is N#C/C(=C/NCCc1cccc(F)c1)C(=O)Nc1ccccc1[N+](=O)[O-]. The van der Waals surface area contributed by atoms with Crippen molar-refractivity contribution in [1.82, 2.24) is 5.32 Å². The first-order valence-electron chi connectivity index (χ1n) is 7.64. The number of nitrogens with zero attached hydrogens (tertiary/aromatic N) is 2. The molecule has 8 heteroatoms. The number of nitro groups is 1. The summed E-state index contributed by atoms with van der Waals surface area (Å²) in [5, 5.41) is 25.2. The average Bonchev–Trinajstić information content (AvgIpc) is 2.62. The molecule has 2 rings (SSSR count). The number of halogens is 1. The second kappa shape index (κ2) is 8.94. The summed E-state index contributed by atoms with van der Waals surface area (Å²) in [6.07, 6.45) is 1.72. The van der Waals surface area contributed by atoms with Crippen LogP contribution >= 0.6 is 0 Å².